The molecule has 4 rings (SSSR count). The van der Waals surface area contributed by atoms with E-state index in [4.69, 9.17) is 5.73 Å². The molecule has 0 atom stereocenters. The van der Waals surface area contributed by atoms with Gasteiger partial charge in [0.2, 0.25) is 0 Å². The highest BCUT2D eigenvalue weighted by molar-refractivity contribution is 7.18. The number of aromatic nitrogens is 1. The predicted octanol–water partition coefficient (Wildman–Crippen LogP) is 3.71. The van der Waals surface area contributed by atoms with E-state index < -0.39 is 0 Å². The van der Waals surface area contributed by atoms with Gasteiger partial charge in [-0.25, -0.2) is 4.98 Å². The van der Waals surface area contributed by atoms with Crippen molar-refractivity contribution < 1.29 is 4.79 Å². The van der Waals surface area contributed by atoms with E-state index in [0.717, 1.165) is 47.4 Å². The molecule has 5 nitrogen and oxygen atoms in total. The molecule has 2 N–H and O–H groups in total. The van der Waals surface area contributed by atoms with E-state index in [2.05, 4.69) is 41.2 Å². The molecule has 27 heavy (non-hydrogen) atoms. The molecular weight excluding hydrogens is 356 g/mol. The lowest BCUT2D eigenvalue weighted by atomic mass is 10.0. The maximum atomic E-state index is 13.2. The molecule has 1 aliphatic rings. The van der Waals surface area contributed by atoms with Crippen LogP contribution in [0.2, 0.25) is 0 Å². The molecule has 0 radical (unpaired) electrons. The fraction of sp³-hybridized carbons (Fsp3) is 0.333. The number of nitrogen functional groups attached to an aromatic ring is 1. The van der Waals surface area contributed by atoms with Crippen LogP contribution in [0.15, 0.2) is 41.9 Å². The highest BCUT2D eigenvalue weighted by Gasteiger charge is 2.26. The highest BCUT2D eigenvalue weighted by atomic mass is 32.1. The SMILES string of the molecule is CC(C)N1CCN(C(=O)c2cnc(N)c3c(-c4ccccc4)csc23)CC1. The first kappa shape index (κ1) is 17.9. The van der Waals surface area contributed by atoms with E-state index in [1.165, 1.54) is 0 Å². The first-order chi connectivity index (χ1) is 13.1. The average molecular weight is 381 g/mol. The third-order valence-electron chi connectivity index (χ3n) is 5.27. The number of piperazine rings is 1. The number of fused-ring (bicyclic) bond motifs is 1. The lowest BCUT2D eigenvalue weighted by Crippen LogP contribution is -2.50. The number of anilines is 1. The Bertz CT molecular complexity index is 959. The minimum Gasteiger partial charge on any atom is -0.383 e. The van der Waals surface area contributed by atoms with Crippen LogP contribution in [0.5, 0.6) is 0 Å². The van der Waals surface area contributed by atoms with Crippen LogP contribution in [0, 0.1) is 0 Å². The van der Waals surface area contributed by atoms with Gasteiger partial charge < -0.3 is 10.6 Å². The van der Waals surface area contributed by atoms with E-state index in [-0.39, 0.29) is 5.91 Å². The number of hydrogen-bond donors (Lipinski definition) is 1. The van der Waals surface area contributed by atoms with E-state index in [1.807, 2.05) is 23.1 Å². The summed E-state index contributed by atoms with van der Waals surface area (Å²) in [6.45, 7) is 7.71. The standard InChI is InChI=1S/C21H24N4OS/c1-14(2)24-8-10-25(11-9-24)21(26)16-12-23-20(22)18-17(13-27-19(16)18)15-6-4-3-5-7-15/h3-7,12-14H,8-11H2,1-2H3,(H2,22,23). The van der Waals surface area contributed by atoms with Crippen molar-refractivity contribution in [2.75, 3.05) is 31.9 Å². The minimum atomic E-state index is 0.0531. The first-order valence-corrected chi connectivity index (χ1v) is 10.2. The Morgan fingerprint density at radius 1 is 1.15 bits per heavy atom. The summed E-state index contributed by atoms with van der Waals surface area (Å²) in [5, 5.41) is 2.96. The summed E-state index contributed by atoms with van der Waals surface area (Å²) in [7, 11) is 0. The molecule has 2 aromatic heterocycles. The lowest BCUT2D eigenvalue weighted by molar-refractivity contribution is 0.0597. The van der Waals surface area contributed by atoms with Crippen LogP contribution in [0.1, 0.15) is 24.2 Å². The van der Waals surface area contributed by atoms with Crippen molar-refractivity contribution in [1.29, 1.82) is 0 Å². The molecule has 0 bridgehead atoms. The summed E-state index contributed by atoms with van der Waals surface area (Å²) < 4.78 is 0.928. The molecule has 1 saturated heterocycles. The van der Waals surface area contributed by atoms with E-state index >= 15 is 0 Å². The highest BCUT2D eigenvalue weighted by Crippen LogP contribution is 2.38. The molecule has 1 aromatic carbocycles. The quantitative estimate of drug-likeness (QED) is 0.752. The summed E-state index contributed by atoms with van der Waals surface area (Å²) in [5.41, 5.74) is 8.99. The number of benzene rings is 1. The Hall–Kier alpha value is -2.44. The summed E-state index contributed by atoms with van der Waals surface area (Å²) in [5.74, 6) is 0.531. The van der Waals surface area contributed by atoms with Crippen molar-refractivity contribution in [3.63, 3.8) is 0 Å². The number of amides is 1. The Morgan fingerprint density at radius 3 is 2.52 bits per heavy atom. The monoisotopic (exact) mass is 380 g/mol. The molecule has 1 amide bonds. The zero-order valence-corrected chi connectivity index (χ0v) is 16.5. The number of rotatable bonds is 3. The van der Waals surface area contributed by atoms with Crippen LogP contribution in [0.3, 0.4) is 0 Å². The van der Waals surface area contributed by atoms with Crippen molar-refractivity contribution >= 4 is 33.1 Å². The van der Waals surface area contributed by atoms with Crippen LogP contribution in [-0.2, 0) is 0 Å². The minimum absolute atomic E-state index is 0.0531. The van der Waals surface area contributed by atoms with Gasteiger partial charge in [0.1, 0.15) is 5.82 Å². The van der Waals surface area contributed by atoms with E-state index in [9.17, 15) is 4.79 Å². The second-order valence-corrected chi connectivity index (χ2v) is 8.08. The molecule has 3 aromatic rings. The van der Waals surface area contributed by atoms with Gasteiger partial charge in [-0.1, -0.05) is 30.3 Å². The van der Waals surface area contributed by atoms with Gasteiger partial charge >= 0.3 is 0 Å². The van der Waals surface area contributed by atoms with Gasteiger partial charge in [-0.3, -0.25) is 9.69 Å². The third-order valence-corrected chi connectivity index (χ3v) is 6.28. The number of carbonyl (C=O) groups excluding carboxylic acids is 1. The van der Waals surface area contributed by atoms with Crippen molar-refractivity contribution in [1.82, 2.24) is 14.8 Å². The van der Waals surface area contributed by atoms with Crippen molar-refractivity contribution in [2.45, 2.75) is 19.9 Å². The molecule has 3 heterocycles. The predicted molar refractivity (Wildman–Crippen MR) is 112 cm³/mol. The van der Waals surface area contributed by atoms with Crippen molar-refractivity contribution in [2.24, 2.45) is 0 Å². The topological polar surface area (TPSA) is 62.5 Å². The normalized spacial score (nSPS) is 15.6. The fourth-order valence-electron chi connectivity index (χ4n) is 3.66. The van der Waals surface area contributed by atoms with Crippen LogP contribution in [-0.4, -0.2) is 52.9 Å². The molecular formula is C21H24N4OS. The third kappa shape index (κ3) is 3.31. The molecule has 140 valence electrons. The number of nitrogens with zero attached hydrogens (tertiary/aromatic N) is 3. The number of nitrogens with two attached hydrogens (primary N) is 1. The number of thiophene rings is 1. The summed E-state index contributed by atoms with van der Waals surface area (Å²) in [4.78, 5) is 21.9. The van der Waals surface area contributed by atoms with Crippen LogP contribution < -0.4 is 5.73 Å². The fourth-order valence-corrected chi connectivity index (χ4v) is 4.75. The molecule has 0 aliphatic carbocycles. The first-order valence-electron chi connectivity index (χ1n) is 9.30. The smallest absolute Gasteiger partial charge is 0.256 e. The summed E-state index contributed by atoms with van der Waals surface area (Å²) in [6, 6.07) is 10.6. The van der Waals surface area contributed by atoms with Crippen LogP contribution in [0.25, 0.3) is 21.2 Å². The largest absolute Gasteiger partial charge is 0.383 e. The Morgan fingerprint density at radius 2 is 1.85 bits per heavy atom. The van der Waals surface area contributed by atoms with Gasteiger partial charge in [0.25, 0.3) is 5.91 Å². The van der Waals surface area contributed by atoms with Crippen LogP contribution in [0.4, 0.5) is 5.82 Å². The van der Waals surface area contributed by atoms with Gasteiger partial charge in [0.15, 0.2) is 0 Å². The van der Waals surface area contributed by atoms with Gasteiger partial charge in [-0.05, 0) is 24.8 Å². The summed E-state index contributed by atoms with van der Waals surface area (Å²) in [6.07, 6.45) is 1.64. The molecule has 6 heteroatoms. The molecule has 0 spiro atoms. The Labute approximate surface area is 163 Å². The van der Waals surface area contributed by atoms with Gasteiger partial charge in [-0.2, -0.15) is 0 Å². The summed E-state index contributed by atoms with van der Waals surface area (Å²) >= 11 is 1.57. The second-order valence-electron chi connectivity index (χ2n) is 7.20. The van der Waals surface area contributed by atoms with Gasteiger partial charge in [0, 0.05) is 49.4 Å². The number of hydrogen-bond acceptors (Lipinski definition) is 5. The maximum Gasteiger partial charge on any atom is 0.256 e. The van der Waals surface area contributed by atoms with Gasteiger partial charge in [-0.15, -0.1) is 11.3 Å². The molecule has 0 unspecified atom stereocenters. The van der Waals surface area contributed by atoms with E-state index in [1.54, 1.807) is 17.5 Å². The average Bonchev–Trinajstić information content (AvgIpc) is 3.14. The molecule has 0 saturated carbocycles. The van der Waals surface area contributed by atoms with Crippen LogP contribution >= 0.6 is 11.3 Å². The Kier molecular flexibility index (Phi) is 4.85. The van der Waals surface area contributed by atoms with Gasteiger partial charge in [0.05, 0.1) is 10.3 Å². The Balaban J connectivity index is 1.68. The van der Waals surface area contributed by atoms with Crippen molar-refractivity contribution in [3.05, 3.63) is 47.5 Å². The number of carbonyl (C=O) groups is 1. The zero-order valence-electron chi connectivity index (χ0n) is 15.7. The molecule has 1 fully saturated rings. The lowest BCUT2D eigenvalue weighted by Gasteiger charge is -2.37. The maximum absolute atomic E-state index is 13.2. The number of pyridine rings is 1. The van der Waals surface area contributed by atoms with E-state index in [0.29, 0.717) is 17.4 Å². The second kappa shape index (κ2) is 7.29. The molecule has 1 aliphatic heterocycles. The zero-order chi connectivity index (χ0) is 19.0. The van der Waals surface area contributed by atoms with Crippen molar-refractivity contribution in [3.8, 4) is 11.1 Å².